The molecule has 19 heavy (non-hydrogen) atoms. The van der Waals surface area contributed by atoms with Crippen molar-refractivity contribution in [3.8, 4) is 0 Å². The average molecular weight is 318 g/mol. The summed E-state index contributed by atoms with van der Waals surface area (Å²) in [5.74, 6) is 0.860. The molecule has 3 aromatic rings. The van der Waals surface area contributed by atoms with E-state index in [9.17, 15) is 0 Å². The first-order chi connectivity index (χ1) is 9.22. The summed E-state index contributed by atoms with van der Waals surface area (Å²) in [4.78, 5) is 8.41. The largest absolute Gasteiger partial charge is 0.443 e. The Labute approximate surface area is 119 Å². The van der Waals surface area contributed by atoms with E-state index in [0.29, 0.717) is 6.54 Å². The lowest BCUT2D eigenvalue weighted by Gasteiger charge is -2.07. The molecule has 2 heterocycles. The van der Waals surface area contributed by atoms with Crippen molar-refractivity contribution in [2.45, 2.75) is 13.5 Å². The SMILES string of the molecule is Cc1cc(NCc2ccc3ncoc3c2)ncc1Br. The molecular weight excluding hydrogens is 306 g/mol. The fourth-order valence-corrected chi connectivity index (χ4v) is 2.05. The van der Waals surface area contributed by atoms with Gasteiger partial charge in [0.25, 0.3) is 0 Å². The molecule has 4 nitrogen and oxygen atoms in total. The molecule has 0 fully saturated rings. The molecule has 0 atom stereocenters. The lowest BCUT2D eigenvalue weighted by molar-refractivity contribution is 0.602. The highest BCUT2D eigenvalue weighted by Crippen LogP contribution is 2.19. The third-order valence-corrected chi connectivity index (χ3v) is 3.75. The second kappa shape index (κ2) is 5.01. The number of nitrogens with one attached hydrogen (secondary N) is 1. The predicted molar refractivity (Wildman–Crippen MR) is 78.0 cm³/mol. The van der Waals surface area contributed by atoms with Crippen molar-refractivity contribution >= 4 is 32.8 Å². The number of aryl methyl sites for hydroxylation is 1. The summed E-state index contributed by atoms with van der Waals surface area (Å²) in [5, 5.41) is 3.29. The fraction of sp³-hybridized carbons (Fsp3) is 0.143. The number of oxazole rings is 1. The quantitative estimate of drug-likeness (QED) is 0.795. The van der Waals surface area contributed by atoms with Crippen LogP contribution in [0.4, 0.5) is 5.82 Å². The molecule has 0 radical (unpaired) electrons. The fourth-order valence-electron chi connectivity index (χ4n) is 1.84. The van der Waals surface area contributed by atoms with E-state index in [0.717, 1.165) is 32.5 Å². The molecular formula is C14H12BrN3O. The van der Waals surface area contributed by atoms with Gasteiger partial charge >= 0.3 is 0 Å². The van der Waals surface area contributed by atoms with Crippen molar-refractivity contribution in [1.29, 1.82) is 0 Å². The molecule has 0 unspecified atom stereocenters. The van der Waals surface area contributed by atoms with Crippen molar-refractivity contribution in [3.63, 3.8) is 0 Å². The molecule has 0 spiro atoms. The molecule has 0 amide bonds. The molecule has 0 saturated heterocycles. The maximum Gasteiger partial charge on any atom is 0.181 e. The van der Waals surface area contributed by atoms with E-state index in [2.05, 4.69) is 31.2 Å². The van der Waals surface area contributed by atoms with Crippen LogP contribution >= 0.6 is 15.9 Å². The highest BCUT2D eigenvalue weighted by molar-refractivity contribution is 9.10. The maximum absolute atomic E-state index is 5.28. The van der Waals surface area contributed by atoms with Crippen molar-refractivity contribution in [2.24, 2.45) is 0 Å². The summed E-state index contributed by atoms with van der Waals surface area (Å²) < 4.78 is 6.30. The van der Waals surface area contributed by atoms with Gasteiger partial charge in [-0.25, -0.2) is 9.97 Å². The Morgan fingerprint density at radius 2 is 2.16 bits per heavy atom. The molecule has 0 aliphatic rings. The molecule has 3 rings (SSSR count). The zero-order valence-corrected chi connectivity index (χ0v) is 11.9. The molecule has 0 aliphatic heterocycles. The van der Waals surface area contributed by atoms with Gasteiger partial charge in [0.2, 0.25) is 0 Å². The van der Waals surface area contributed by atoms with E-state index < -0.39 is 0 Å². The summed E-state index contributed by atoms with van der Waals surface area (Å²) in [5.41, 5.74) is 3.97. The lowest BCUT2D eigenvalue weighted by atomic mass is 10.2. The number of hydrogen-bond acceptors (Lipinski definition) is 4. The van der Waals surface area contributed by atoms with E-state index in [4.69, 9.17) is 4.42 Å². The minimum atomic E-state index is 0.699. The number of nitrogens with zero attached hydrogens (tertiary/aromatic N) is 2. The first kappa shape index (κ1) is 12.2. The van der Waals surface area contributed by atoms with Gasteiger partial charge < -0.3 is 9.73 Å². The third kappa shape index (κ3) is 2.61. The smallest absolute Gasteiger partial charge is 0.181 e. The Kier molecular flexibility index (Phi) is 3.21. The monoisotopic (exact) mass is 317 g/mol. The van der Waals surface area contributed by atoms with Crippen molar-refractivity contribution in [3.05, 3.63) is 52.5 Å². The second-order valence-electron chi connectivity index (χ2n) is 4.33. The molecule has 2 aromatic heterocycles. The van der Waals surface area contributed by atoms with E-state index in [1.807, 2.05) is 31.2 Å². The number of pyridine rings is 1. The van der Waals surface area contributed by atoms with E-state index >= 15 is 0 Å². The molecule has 0 bridgehead atoms. The number of aromatic nitrogens is 2. The van der Waals surface area contributed by atoms with E-state index in [1.165, 1.54) is 6.39 Å². The Morgan fingerprint density at radius 3 is 3.00 bits per heavy atom. The standard InChI is InChI=1S/C14H12BrN3O/c1-9-4-14(17-7-11(9)15)16-6-10-2-3-12-13(5-10)19-8-18-12/h2-5,7-8H,6H2,1H3,(H,16,17). The first-order valence-corrected chi connectivity index (χ1v) is 6.70. The van der Waals surface area contributed by atoms with Crippen LogP contribution in [-0.2, 0) is 6.54 Å². The number of rotatable bonds is 3. The van der Waals surface area contributed by atoms with Crippen LogP contribution in [0.15, 0.2) is 45.7 Å². The highest BCUT2D eigenvalue weighted by atomic mass is 79.9. The normalized spacial score (nSPS) is 10.8. The van der Waals surface area contributed by atoms with Gasteiger partial charge in [0.1, 0.15) is 11.3 Å². The van der Waals surface area contributed by atoms with Gasteiger partial charge in [-0.15, -0.1) is 0 Å². The van der Waals surface area contributed by atoms with Crippen LogP contribution in [0.1, 0.15) is 11.1 Å². The Hall–Kier alpha value is -1.88. The number of benzene rings is 1. The molecule has 1 aromatic carbocycles. The van der Waals surface area contributed by atoms with Crippen LogP contribution < -0.4 is 5.32 Å². The molecule has 96 valence electrons. The third-order valence-electron chi connectivity index (χ3n) is 2.92. The van der Waals surface area contributed by atoms with Crippen LogP contribution in [0, 0.1) is 6.92 Å². The van der Waals surface area contributed by atoms with Crippen molar-refractivity contribution in [2.75, 3.05) is 5.32 Å². The molecule has 0 saturated carbocycles. The van der Waals surface area contributed by atoms with Crippen LogP contribution in [0.3, 0.4) is 0 Å². The number of halogens is 1. The van der Waals surface area contributed by atoms with Crippen LogP contribution in [-0.4, -0.2) is 9.97 Å². The van der Waals surface area contributed by atoms with Crippen LogP contribution in [0.5, 0.6) is 0 Å². The topological polar surface area (TPSA) is 51.0 Å². The van der Waals surface area contributed by atoms with Gasteiger partial charge in [-0.05, 0) is 52.2 Å². The van der Waals surface area contributed by atoms with Gasteiger partial charge in [-0.2, -0.15) is 0 Å². The number of fused-ring (bicyclic) bond motifs is 1. The summed E-state index contributed by atoms with van der Waals surface area (Å²) >= 11 is 3.44. The first-order valence-electron chi connectivity index (χ1n) is 5.90. The van der Waals surface area contributed by atoms with Crippen LogP contribution in [0.25, 0.3) is 11.1 Å². The summed E-state index contributed by atoms with van der Waals surface area (Å²) in [6, 6.07) is 7.98. The van der Waals surface area contributed by atoms with Gasteiger partial charge in [0.05, 0.1) is 0 Å². The second-order valence-corrected chi connectivity index (χ2v) is 5.18. The Morgan fingerprint density at radius 1 is 1.26 bits per heavy atom. The van der Waals surface area contributed by atoms with Crippen molar-refractivity contribution in [1.82, 2.24) is 9.97 Å². The maximum atomic E-state index is 5.28. The summed E-state index contributed by atoms with van der Waals surface area (Å²) in [7, 11) is 0. The van der Waals surface area contributed by atoms with Crippen molar-refractivity contribution < 1.29 is 4.42 Å². The van der Waals surface area contributed by atoms with E-state index in [1.54, 1.807) is 6.20 Å². The number of hydrogen-bond donors (Lipinski definition) is 1. The van der Waals surface area contributed by atoms with E-state index in [-0.39, 0.29) is 0 Å². The minimum absolute atomic E-state index is 0.699. The Bertz CT molecular complexity index is 724. The average Bonchev–Trinajstić information content (AvgIpc) is 2.87. The zero-order chi connectivity index (χ0) is 13.2. The molecule has 0 aliphatic carbocycles. The molecule has 1 N–H and O–H groups in total. The van der Waals surface area contributed by atoms with Gasteiger partial charge in [0.15, 0.2) is 12.0 Å². The summed E-state index contributed by atoms with van der Waals surface area (Å²) in [6.45, 7) is 2.74. The minimum Gasteiger partial charge on any atom is -0.443 e. The lowest BCUT2D eigenvalue weighted by Crippen LogP contribution is -2.01. The van der Waals surface area contributed by atoms with Gasteiger partial charge in [-0.3, -0.25) is 0 Å². The zero-order valence-electron chi connectivity index (χ0n) is 10.4. The van der Waals surface area contributed by atoms with Gasteiger partial charge in [0, 0.05) is 17.2 Å². The van der Waals surface area contributed by atoms with Gasteiger partial charge in [-0.1, -0.05) is 6.07 Å². The molecule has 5 heteroatoms. The number of anilines is 1. The highest BCUT2D eigenvalue weighted by Gasteiger charge is 2.02. The Balaban J connectivity index is 1.75. The summed E-state index contributed by atoms with van der Waals surface area (Å²) in [6.07, 6.45) is 3.26. The predicted octanol–water partition coefficient (Wildman–Crippen LogP) is 3.91. The van der Waals surface area contributed by atoms with Crippen LogP contribution in [0.2, 0.25) is 0 Å².